The second-order valence-electron chi connectivity index (χ2n) is 4.65. The predicted molar refractivity (Wildman–Crippen MR) is 88.6 cm³/mol. The van der Waals surface area contributed by atoms with Crippen molar-refractivity contribution in [1.29, 1.82) is 0 Å². The number of rotatable bonds is 3. The smallest absolute Gasteiger partial charge is 0.261 e. The molecule has 0 atom stereocenters. The summed E-state index contributed by atoms with van der Waals surface area (Å²) in [6.07, 6.45) is 3.14. The highest BCUT2D eigenvalue weighted by molar-refractivity contribution is 9.10. The van der Waals surface area contributed by atoms with Crippen LogP contribution in [0.3, 0.4) is 0 Å². The zero-order valence-electron chi connectivity index (χ0n) is 11.6. The van der Waals surface area contributed by atoms with Crippen molar-refractivity contribution in [2.75, 3.05) is 7.11 Å². The Labute approximate surface area is 139 Å². The first kappa shape index (κ1) is 15.0. The molecule has 0 spiro atoms. The third kappa shape index (κ3) is 2.84. The summed E-state index contributed by atoms with van der Waals surface area (Å²) in [5.41, 5.74) is 1.13. The predicted octanol–water partition coefficient (Wildman–Crippen LogP) is 3.26. The van der Waals surface area contributed by atoms with Crippen LogP contribution in [0.15, 0.2) is 46.1 Å². The second kappa shape index (κ2) is 6.06. The molecule has 3 rings (SSSR count). The van der Waals surface area contributed by atoms with E-state index in [2.05, 4.69) is 25.9 Å². The Morgan fingerprint density at radius 2 is 2.14 bits per heavy atom. The number of hydrogen-bond donors (Lipinski definition) is 0. The first-order valence-corrected chi connectivity index (χ1v) is 7.58. The van der Waals surface area contributed by atoms with Crippen molar-refractivity contribution in [2.24, 2.45) is 0 Å². The summed E-state index contributed by atoms with van der Waals surface area (Å²) in [7, 11) is 1.59. The maximum Gasteiger partial charge on any atom is 0.261 e. The van der Waals surface area contributed by atoms with Crippen molar-refractivity contribution in [3.8, 4) is 5.75 Å². The van der Waals surface area contributed by atoms with E-state index in [9.17, 15) is 4.79 Å². The van der Waals surface area contributed by atoms with E-state index in [1.807, 2.05) is 0 Å². The van der Waals surface area contributed by atoms with Gasteiger partial charge < -0.3 is 4.74 Å². The largest absolute Gasteiger partial charge is 0.497 e. The summed E-state index contributed by atoms with van der Waals surface area (Å²) in [6, 6.07) is 6.86. The fourth-order valence-electron chi connectivity index (χ4n) is 2.15. The normalized spacial score (nSPS) is 10.9. The standard InChI is InChI=1S/C15H11BrClN3O2/c1-22-11-2-3-18-10(6-11)7-20-8-19-14-12(15(20)21)4-9(17)5-13(14)16/h2-6,8H,7H2,1H3. The quantitative estimate of drug-likeness (QED) is 0.700. The molecule has 22 heavy (non-hydrogen) atoms. The number of ether oxygens (including phenoxy) is 1. The first-order valence-electron chi connectivity index (χ1n) is 6.41. The molecule has 2 aromatic heterocycles. The average Bonchev–Trinajstić information content (AvgIpc) is 2.51. The highest BCUT2D eigenvalue weighted by Crippen LogP contribution is 2.24. The summed E-state index contributed by atoms with van der Waals surface area (Å²) in [5.74, 6) is 0.692. The first-order chi connectivity index (χ1) is 10.6. The lowest BCUT2D eigenvalue weighted by molar-refractivity contribution is 0.413. The molecule has 7 heteroatoms. The van der Waals surface area contributed by atoms with E-state index in [1.165, 1.54) is 10.9 Å². The minimum absolute atomic E-state index is 0.169. The third-order valence-corrected chi connectivity index (χ3v) is 4.02. The second-order valence-corrected chi connectivity index (χ2v) is 5.94. The van der Waals surface area contributed by atoms with Gasteiger partial charge in [0, 0.05) is 21.8 Å². The number of benzene rings is 1. The third-order valence-electron chi connectivity index (χ3n) is 3.20. The van der Waals surface area contributed by atoms with Crippen molar-refractivity contribution in [1.82, 2.24) is 14.5 Å². The minimum Gasteiger partial charge on any atom is -0.497 e. The molecule has 2 heterocycles. The van der Waals surface area contributed by atoms with Gasteiger partial charge in [-0.1, -0.05) is 11.6 Å². The molecule has 0 saturated heterocycles. The van der Waals surface area contributed by atoms with Crippen LogP contribution in [0.5, 0.6) is 5.75 Å². The maximum atomic E-state index is 12.6. The van der Waals surface area contributed by atoms with Gasteiger partial charge >= 0.3 is 0 Å². The van der Waals surface area contributed by atoms with E-state index < -0.39 is 0 Å². The van der Waals surface area contributed by atoms with Gasteiger partial charge in [-0.2, -0.15) is 0 Å². The number of pyridine rings is 1. The van der Waals surface area contributed by atoms with Crippen LogP contribution in [0.2, 0.25) is 5.02 Å². The molecule has 5 nitrogen and oxygen atoms in total. The zero-order chi connectivity index (χ0) is 15.7. The summed E-state index contributed by atoms with van der Waals surface area (Å²) in [4.78, 5) is 21.1. The van der Waals surface area contributed by atoms with Crippen molar-refractivity contribution >= 4 is 38.4 Å². The Bertz CT molecular complexity index is 911. The van der Waals surface area contributed by atoms with Crippen LogP contribution in [-0.2, 0) is 6.54 Å². The molecular weight excluding hydrogens is 370 g/mol. The minimum atomic E-state index is -0.169. The molecular formula is C15H11BrClN3O2. The van der Waals surface area contributed by atoms with Crippen molar-refractivity contribution in [2.45, 2.75) is 6.54 Å². The number of halogens is 2. The van der Waals surface area contributed by atoms with E-state index in [-0.39, 0.29) is 5.56 Å². The average molecular weight is 381 g/mol. The van der Waals surface area contributed by atoms with E-state index in [1.54, 1.807) is 37.6 Å². The number of hydrogen-bond acceptors (Lipinski definition) is 4. The van der Waals surface area contributed by atoms with Crippen LogP contribution >= 0.6 is 27.5 Å². The Morgan fingerprint density at radius 3 is 2.91 bits per heavy atom. The van der Waals surface area contributed by atoms with Gasteiger partial charge in [-0.15, -0.1) is 0 Å². The van der Waals surface area contributed by atoms with E-state index >= 15 is 0 Å². The summed E-state index contributed by atoms with van der Waals surface area (Å²) in [5, 5.41) is 0.945. The lowest BCUT2D eigenvalue weighted by Gasteiger charge is -2.08. The fourth-order valence-corrected chi connectivity index (χ4v) is 3.06. The van der Waals surface area contributed by atoms with E-state index in [0.29, 0.717) is 38.4 Å². The van der Waals surface area contributed by atoms with Gasteiger partial charge in [-0.3, -0.25) is 14.3 Å². The Hall–Kier alpha value is -1.92. The van der Waals surface area contributed by atoms with Gasteiger partial charge in [0.2, 0.25) is 0 Å². The molecule has 0 unspecified atom stereocenters. The monoisotopic (exact) mass is 379 g/mol. The Balaban J connectivity index is 2.08. The number of aromatic nitrogens is 3. The highest BCUT2D eigenvalue weighted by Gasteiger charge is 2.09. The van der Waals surface area contributed by atoms with E-state index in [4.69, 9.17) is 16.3 Å². The van der Waals surface area contributed by atoms with Crippen LogP contribution in [0.25, 0.3) is 10.9 Å². The van der Waals surface area contributed by atoms with Crippen LogP contribution in [0.4, 0.5) is 0 Å². The van der Waals surface area contributed by atoms with Crippen molar-refractivity contribution < 1.29 is 4.74 Å². The molecule has 0 saturated carbocycles. The lowest BCUT2D eigenvalue weighted by Crippen LogP contribution is -2.21. The van der Waals surface area contributed by atoms with Gasteiger partial charge in [0.25, 0.3) is 5.56 Å². The highest BCUT2D eigenvalue weighted by atomic mass is 79.9. The van der Waals surface area contributed by atoms with Gasteiger partial charge in [0.15, 0.2) is 0 Å². The van der Waals surface area contributed by atoms with Crippen LogP contribution in [-0.4, -0.2) is 21.6 Å². The van der Waals surface area contributed by atoms with Crippen LogP contribution < -0.4 is 10.3 Å². The Kier molecular flexibility index (Phi) is 4.13. The molecule has 0 bridgehead atoms. The molecule has 0 aliphatic heterocycles. The van der Waals surface area contributed by atoms with Gasteiger partial charge in [-0.05, 0) is 34.1 Å². The summed E-state index contributed by atoms with van der Waals surface area (Å²) >= 11 is 9.38. The molecule has 112 valence electrons. The Morgan fingerprint density at radius 1 is 1.32 bits per heavy atom. The molecule has 0 aliphatic rings. The number of fused-ring (bicyclic) bond motifs is 1. The van der Waals surface area contributed by atoms with Gasteiger partial charge in [0.05, 0.1) is 36.6 Å². The van der Waals surface area contributed by atoms with Crippen LogP contribution in [0, 0.1) is 0 Å². The SMILES string of the molecule is COc1ccnc(Cn2cnc3c(Br)cc(Cl)cc3c2=O)c1. The molecule has 0 aliphatic carbocycles. The van der Waals surface area contributed by atoms with Crippen molar-refractivity contribution in [3.63, 3.8) is 0 Å². The number of methoxy groups -OCH3 is 1. The fraction of sp³-hybridized carbons (Fsp3) is 0.133. The summed E-state index contributed by atoms with van der Waals surface area (Å²) in [6.45, 7) is 0.309. The molecule has 0 radical (unpaired) electrons. The lowest BCUT2D eigenvalue weighted by atomic mass is 10.2. The van der Waals surface area contributed by atoms with Crippen LogP contribution in [0.1, 0.15) is 5.69 Å². The van der Waals surface area contributed by atoms with E-state index in [0.717, 1.165) is 0 Å². The molecule has 3 aromatic rings. The topological polar surface area (TPSA) is 57.0 Å². The summed E-state index contributed by atoms with van der Waals surface area (Å²) < 4.78 is 7.34. The van der Waals surface area contributed by atoms with Crippen molar-refractivity contribution in [3.05, 3.63) is 62.3 Å². The van der Waals surface area contributed by atoms with Gasteiger partial charge in [-0.25, -0.2) is 4.98 Å². The molecule has 0 amide bonds. The number of nitrogens with zero attached hydrogens (tertiary/aromatic N) is 3. The maximum absolute atomic E-state index is 12.6. The zero-order valence-corrected chi connectivity index (χ0v) is 13.9. The van der Waals surface area contributed by atoms with Gasteiger partial charge in [0.1, 0.15) is 5.75 Å². The molecule has 1 aromatic carbocycles. The molecule has 0 N–H and O–H groups in total. The molecule has 0 fully saturated rings.